The summed E-state index contributed by atoms with van der Waals surface area (Å²) in [5.74, 6) is -0.232. The van der Waals surface area contributed by atoms with Gasteiger partial charge < -0.3 is 0 Å². The van der Waals surface area contributed by atoms with Crippen molar-refractivity contribution in [3.05, 3.63) is 64.7 Å². The number of nitrogens with one attached hydrogen (secondary N) is 1. The highest BCUT2D eigenvalue weighted by atomic mass is 35.5. The normalized spacial score (nSPS) is 11.7. The highest BCUT2D eigenvalue weighted by Crippen LogP contribution is 2.21. The number of hydrogen-bond donors (Lipinski definition) is 1. The quantitative estimate of drug-likeness (QED) is 0.564. The summed E-state index contributed by atoms with van der Waals surface area (Å²) >= 11 is 6.01. The largest absolute Gasteiger partial charge is 0.271 e. The molecule has 27 heavy (non-hydrogen) atoms. The number of nitrogens with zero attached hydrogens (tertiary/aromatic N) is 2. The van der Waals surface area contributed by atoms with E-state index in [0.717, 1.165) is 16.1 Å². The van der Waals surface area contributed by atoms with Gasteiger partial charge in [0.2, 0.25) is 10.0 Å². The fourth-order valence-electron chi connectivity index (χ4n) is 2.34. The predicted octanol–water partition coefficient (Wildman–Crippen LogP) is 3.38. The maximum atomic E-state index is 12.2. The highest BCUT2D eigenvalue weighted by molar-refractivity contribution is 7.92. The van der Waals surface area contributed by atoms with Gasteiger partial charge in [0.25, 0.3) is 5.91 Å². The molecule has 0 saturated heterocycles. The average Bonchev–Trinajstić information content (AvgIpc) is 2.60. The molecule has 2 aromatic carbocycles. The molecule has 2 aromatic rings. The van der Waals surface area contributed by atoms with Gasteiger partial charge in [-0.2, -0.15) is 5.10 Å². The van der Waals surface area contributed by atoms with E-state index >= 15 is 0 Å². The fourth-order valence-corrected chi connectivity index (χ4v) is 3.39. The zero-order valence-electron chi connectivity index (χ0n) is 15.4. The molecular weight excluding hydrogens is 386 g/mol. The van der Waals surface area contributed by atoms with Gasteiger partial charge >= 0.3 is 0 Å². The number of hydrogen-bond acceptors (Lipinski definition) is 4. The lowest BCUT2D eigenvalue weighted by Gasteiger charge is -2.21. The summed E-state index contributed by atoms with van der Waals surface area (Å²) in [7, 11) is -3.63. The monoisotopic (exact) mass is 407 g/mol. The fraction of sp³-hybridized carbons (Fsp3) is 0.263. The van der Waals surface area contributed by atoms with Crippen molar-refractivity contribution >= 4 is 39.4 Å². The average molecular weight is 408 g/mol. The molecule has 0 radical (unpaired) electrons. The first-order valence-corrected chi connectivity index (χ1v) is 10.5. The second-order valence-electron chi connectivity index (χ2n) is 6.33. The summed E-state index contributed by atoms with van der Waals surface area (Å²) in [6, 6.07) is 14.1. The van der Waals surface area contributed by atoms with Gasteiger partial charge in [-0.3, -0.25) is 9.10 Å². The number of carbonyl (C=O) groups is 1. The third kappa shape index (κ3) is 6.08. The number of halogens is 1. The van der Waals surface area contributed by atoms with Crippen molar-refractivity contribution in [1.82, 2.24) is 5.43 Å². The van der Waals surface area contributed by atoms with Crippen LogP contribution in [0.15, 0.2) is 53.6 Å². The minimum Gasteiger partial charge on any atom is -0.271 e. The maximum absolute atomic E-state index is 12.2. The van der Waals surface area contributed by atoms with E-state index in [1.807, 2.05) is 26.0 Å². The van der Waals surface area contributed by atoms with Gasteiger partial charge in [0, 0.05) is 10.6 Å². The highest BCUT2D eigenvalue weighted by Gasteiger charge is 2.20. The molecule has 0 bridgehead atoms. The number of benzene rings is 2. The molecule has 8 heteroatoms. The smallest absolute Gasteiger partial charge is 0.260 e. The van der Waals surface area contributed by atoms with Crippen molar-refractivity contribution in [2.24, 2.45) is 5.10 Å². The summed E-state index contributed by atoms with van der Waals surface area (Å²) in [6.07, 6.45) is 2.46. The molecule has 0 spiro atoms. The van der Waals surface area contributed by atoms with Crippen LogP contribution in [0.4, 0.5) is 5.69 Å². The molecule has 0 heterocycles. The molecule has 1 N–H and O–H groups in total. The molecule has 0 unspecified atom stereocenters. The van der Waals surface area contributed by atoms with Crippen LogP contribution in [0.2, 0.25) is 5.02 Å². The van der Waals surface area contributed by atoms with Gasteiger partial charge in [-0.1, -0.05) is 55.8 Å². The molecule has 0 aromatic heterocycles. The molecule has 0 saturated carbocycles. The molecule has 1 amide bonds. The Labute approximate surface area is 164 Å². The van der Waals surface area contributed by atoms with E-state index in [1.165, 1.54) is 6.21 Å². The van der Waals surface area contributed by atoms with Gasteiger partial charge in [0.05, 0.1) is 18.2 Å². The van der Waals surface area contributed by atoms with Crippen LogP contribution in [0.25, 0.3) is 0 Å². The number of rotatable bonds is 7. The van der Waals surface area contributed by atoms with E-state index in [4.69, 9.17) is 11.6 Å². The summed E-state index contributed by atoms with van der Waals surface area (Å²) in [5.41, 5.74) is 4.48. The zero-order valence-corrected chi connectivity index (χ0v) is 17.0. The first-order chi connectivity index (χ1) is 12.7. The third-order valence-corrected chi connectivity index (χ3v) is 5.32. The number of anilines is 1. The predicted molar refractivity (Wildman–Crippen MR) is 110 cm³/mol. The van der Waals surface area contributed by atoms with Gasteiger partial charge in [-0.25, -0.2) is 13.8 Å². The van der Waals surface area contributed by atoms with Crippen molar-refractivity contribution in [1.29, 1.82) is 0 Å². The molecule has 0 fully saturated rings. The number of amides is 1. The van der Waals surface area contributed by atoms with Crippen LogP contribution in [0.3, 0.4) is 0 Å². The van der Waals surface area contributed by atoms with Gasteiger partial charge in [-0.15, -0.1) is 0 Å². The van der Waals surface area contributed by atoms with Crippen molar-refractivity contribution < 1.29 is 13.2 Å². The van der Waals surface area contributed by atoms with Gasteiger partial charge in [-0.05, 0) is 29.7 Å². The molecule has 0 atom stereocenters. The molecule has 0 aliphatic carbocycles. The molecular formula is C19H22ClN3O3S. The Bertz CT molecular complexity index is 925. The second kappa shape index (κ2) is 9.01. The summed E-state index contributed by atoms with van der Waals surface area (Å²) in [5, 5.41) is 4.34. The third-order valence-electron chi connectivity index (χ3n) is 3.83. The Morgan fingerprint density at radius 3 is 2.37 bits per heavy atom. The molecule has 144 valence electrons. The van der Waals surface area contributed by atoms with Gasteiger partial charge in [0.15, 0.2) is 0 Å². The van der Waals surface area contributed by atoms with E-state index in [9.17, 15) is 13.2 Å². The van der Waals surface area contributed by atoms with E-state index < -0.39 is 15.9 Å². The lowest BCUT2D eigenvalue weighted by Crippen LogP contribution is -2.39. The van der Waals surface area contributed by atoms with Crippen LogP contribution in [0.1, 0.15) is 30.9 Å². The standard InChI is InChI=1S/C19H22ClN3O3S/c1-14(2)15-8-10-17(11-9-15)23(27(3,25)26)13-19(24)22-21-12-16-6-4-5-7-18(16)20/h4-12,14H,13H2,1-3H3,(H,22,24)/b21-12-. The second-order valence-corrected chi connectivity index (χ2v) is 8.64. The van der Waals surface area contributed by atoms with E-state index in [1.54, 1.807) is 36.4 Å². The van der Waals surface area contributed by atoms with E-state index in [-0.39, 0.29) is 6.54 Å². The maximum Gasteiger partial charge on any atom is 0.260 e. The van der Waals surface area contributed by atoms with Crippen LogP contribution in [-0.2, 0) is 14.8 Å². The van der Waals surface area contributed by atoms with Crippen molar-refractivity contribution in [2.75, 3.05) is 17.1 Å². The van der Waals surface area contributed by atoms with Crippen LogP contribution in [-0.4, -0.2) is 33.3 Å². The number of carbonyl (C=O) groups excluding carboxylic acids is 1. The van der Waals surface area contributed by atoms with E-state index in [0.29, 0.717) is 22.2 Å². The molecule has 6 nitrogen and oxygen atoms in total. The lowest BCUT2D eigenvalue weighted by atomic mass is 10.0. The number of sulfonamides is 1. The van der Waals surface area contributed by atoms with Crippen LogP contribution < -0.4 is 9.73 Å². The Hall–Kier alpha value is -2.38. The Morgan fingerprint density at radius 1 is 1.19 bits per heavy atom. The Kier molecular flexibility index (Phi) is 6.98. The Balaban J connectivity index is 2.10. The lowest BCUT2D eigenvalue weighted by molar-refractivity contribution is -0.119. The minimum absolute atomic E-state index is 0.327. The first-order valence-electron chi connectivity index (χ1n) is 8.32. The summed E-state index contributed by atoms with van der Waals surface area (Å²) in [4.78, 5) is 12.2. The first kappa shape index (κ1) is 20.9. The zero-order chi connectivity index (χ0) is 20.0. The topological polar surface area (TPSA) is 78.8 Å². The number of hydrazone groups is 1. The minimum atomic E-state index is -3.63. The van der Waals surface area contributed by atoms with E-state index in [2.05, 4.69) is 10.5 Å². The van der Waals surface area contributed by atoms with Gasteiger partial charge in [0.1, 0.15) is 6.54 Å². The summed E-state index contributed by atoms with van der Waals surface area (Å²) < 4.78 is 25.3. The van der Waals surface area contributed by atoms with Crippen LogP contribution in [0.5, 0.6) is 0 Å². The van der Waals surface area contributed by atoms with Crippen LogP contribution in [0, 0.1) is 0 Å². The van der Waals surface area contributed by atoms with Crippen LogP contribution >= 0.6 is 11.6 Å². The van der Waals surface area contributed by atoms with Crippen molar-refractivity contribution in [3.8, 4) is 0 Å². The summed E-state index contributed by atoms with van der Waals surface area (Å²) in [6.45, 7) is 3.72. The SMILES string of the molecule is CC(C)c1ccc(N(CC(=O)N/N=C\c2ccccc2Cl)S(C)(=O)=O)cc1. The molecule has 0 aliphatic rings. The van der Waals surface area contributed by atoms with Crippen molar-refractivity contribution in [3.63, 3.8) is 0 Å². The molecule has 0 aliphatic heterocycles. The molecule has 2 rings (SSSR count). The van der Waals surface area contributed by atoms with Crippen molar-refractivity contribution in [2.45, 2.75) is 19.8 Å². The Morgan fingerprint density at radius 2 is 1.81 bits per heavy atom.